The van der Waals surface area contributed by atoms with Crippen LogP contribution in [-0.4, -0.2) is 58.1 Å². The second-order valence-electron chi connectivity index (χ2n) is 8.06. The second-order valence-corrected chi connectivity index (χ2v) is 10.4. The van der Waals surface area contributed by atoms with Gasteiger partial charge in [-0.2, -0.15) is 9.40 Å². The van der Waals surface area contributed by atoms with Crippen molar-refractivity contribution in [2.24, 2.45) is 0 Å². The molecule has 1 aromatic heterocycles. The van der Waals surface area contributed by atoms with Crippen LogP contribution >= 0.6 is 12.2 Å². The lowest BCUT2D eigenvalue weighted by atomic mass is 10.3. The van der Waals surface area contributed by atoms with Gasteiger partial charge in [-0.25, -0.2) is 13.1 Å². The van der Waals surface area contributed by atoms with Crippen molar-refractivity contribution in [1.82, 2.24) is 23.6 Å². The quantitative estimate of drug-likeness (QED) is 0.534. The van der Waals surface area contributed by atoms with E-state index in [1.807, 2.05) is 28.9 Å². The van der Waals surface area contributed by atoms with Crippen molar-refractivity contribution < 1.29 is 8.42 Å². The van der Waals surface area contributed by atoms with Crippen molar-refractivity contribution in [1.29, 1.82) is 0 Å². The first kappa shape index (κ1) is 20.6. The Morgan fingerprint density at radius 2 is 1.52 bits per heavy atom. The molecule has 3 aromatic rings. The number of hydrogen-bond donors (Lipinski definition) is 0. The Balaban J connectivity index is 1.32. The topological polar surface area (TPSA) is 63.4 Å². The number of hydrogen-bond acceptors (Lipinski definition) is 5. The first-order valence-corrected chi connectivity index (χ1v) is 12.4. The Labute approximate surface area is 187 Å². The van der Waals surface area contributed by atoms with Gasteiger partial charge in [-0.05, 0) is 49.3 Å². The summed E-state index contributed by atoms with van der Waals surface area (Å²) in [7, 11) is -3.45. The maximum Gasteiger partial charge on any atom is 0.243 e. The number of rotatable bonds is 6. The number of piperazine rings is 1. The third kappa shape index (κ3) is 4.10. The highest BCUT2D eigenvalue weighted by Gasteiger charge is 2.32. The van der Waals surface area contributed by atoms with E-state index in [2.05, 4.69) is 21.6 Å². The zero-order valence-electron chi connectivity index (χ0n) is 17.2. The summed E-state index contributed by atoms with van der Waals surface area (Å²) in [5.74, 6) is 1.50. The van der Waals surface area contributed by atoms with Crippen molar-refractivity contribution >= 4 is 22.2 Å². The standard InChI is InChI=1S/C22H25N5O2S2/c28-31(29,20-9-5-2-6-10-20)25-15-13-24(14-16-25)17-26-22(30)27(19-7-3-1-4-8-19)21(23-26)18-11-12-18/h1-10,18H,11-17H2. The Bertz CT molecular complexity index is 1210. The molecule has 2 heterocycles. The number of sulfonamides is 1. The van der Waals surface area contributed by atoms with E-state index in [9.17, 15) is 8.42 Å². The Hall–Kier alpha value is -2.33. The van der Waals surface area contributed by atoms with E-state index in [0.717, 1.165) is 24.4 Å². The molecule has 31 heavy (non-hydrogen) atoms. The van der Waals surface area contributed by atoms with Crippen molar-refractivity contribution in [3.8, 4) is 5.69 Å². The first-order valence-electron chi connectivity index (χ1n) is 10.6. The van der Waals surface area contributed by atoms with Crippen LogP contribution in [0.25, 0.3) is 5.69 Å². The lowest BCUT2D eigenvalue weighted by molar-refractivity contribution is 0.144. The predicted molar refractivity (Wildman–Crippen MR) is 121 cm³/mol. The molecule has 0 radical (unpaired) electrons. The van der Waals surface area contributed by atoms with Gasteiger partial charge < -0.3 is 0 Å². The minimum Gasteiger partial charge on any atom is -0.282 e. The molecular formula is C22H25N5O2S2. The van der Waals surface area contributed by atoms with Gasteiger partial charge in [0.2, 0.25) is 14.8 Å². The van der Waals surface area contributed by atoms with Gasteiger partial charge in [0.05, 0.1) is 11.6 Å². The van der Waals surface area contributed by atoms with E-state index >= 15 is 0 Å². The molecule has 0 spiro atoms. The average Bonchev–Trinajstić information content (AvgIpc) is 3.60. The van der Waals surface area contributed by atoms with Gasteiger partial charge in [0.25, 0.3) is 0 Å². The second kappa shape index (κ2) is 8.31. The van der Waals surface area contributed by atoms with Crippen LogP contribution in [0.3, 0.4) is 0 Å². The summed E-state index contributed by atoms with van der Waals surface area (Å²) in [6, 6.07) is 18.8. The lowest BCUT2D eigenvalue weighted by Crippen LogP contribution is -2.48. The molecule has 0 unspecified atom stereocenters. The van der Waals surface area contributed by atoms with Crippen LogP contribution in [0.15, 0.2) is 65.6 Å². The SMILES string of the molecule is O=S(=O)(c1ccccc1)N1CCN(Cn2nc(C3CC3)n(-c3ccccc3)c2=S)CC1. The van der Waals surface area contributed by atoms with Crippen LogP contribution in [0.2, 0.25) is 0 Å². The van der Waals surface area contributed by atoms with E-state index in [0.29, 0.717) is 48.4 Å². The van der Waals surface area contributed by atoms with Gasteiger partial charge in [-0.3, -0.25) is 9.47 Å². The van der Waals surface area contributed by atoms with Crippen LogP contribution in [0.1, 0.15) is 24.6 Å². The van der Waals surface area contributed by atoms with Crippen LogP contribution in [-0.2, 0) is 16.7 Å². The number of para-hydroxylation sites is 1. The van der Waals surface area contributed by atoms with Crippen LogP contribution < -0.4 is 0 Å². The smallest absolute Gasteiger partial charge is 0.243 e. The fourth-order valence-corrected chi connectivity index (χ4v) is 5.73. The highest BCUT2D eigenvalue weighted by molar-refractivity contribution is 7.89. The summed E-state index contributed by atoms with van der Waals surface area (Å²) in [5, 5.41) is 4.86. The molecule has 0 N–H and O–H groups in total. The summed E-state index contributed by atoms with van der Waals surface area (Å²) in [6.45, 7) is 2.77. The number of nitrogens with zero attached hydrogens (tertiary/aromatic N) is 5. The maximum absolute atomic E-state index is 12.9. The fraction of sp³-hybridized carbons (Fsp3) is 0.364. The third-order valence-electron chi connectivity index (χ3n) is 5.87. The van der Waals surface area contributed by atoms with Gasteiger partial charge >= 0.3 is 0 Å². The van der Waals surface area contributed by atoms with E-state index in [-0.39, 0.29) is 0 Å². The molecule has 162 valence electrons. The molecule has 7 nitrogen and oxygen atoms in total. The van der Waals surface area contributed by atoms with Gasteiger partial charge in [0, 0.05) is 37.8 Å². The molecule has 1 aliphatic heterocycles. The first-order chi connectivity index (χ1) is 15.0. The summed E-state index contributed by atoms with van der Waals surface area (Å²) in [4.78, 5) is 2.56. The van der Waals surface area contributed by atoms with Gasteiger partial charge in [0.15, 0.2) is 0 Å². The molecular weight excluding hydrogens is 430 g/mol. The Morgan fingerprint density at radius 1 is 0.903 bits per heavy atom. The van der Waals surface area contributed by atoms with E-state index < -0.39 is 10.0 Å². The summed E-state index contributed by atoms with van der Waals surface area (Å²) in [6.07, 6.45) is 2.29. The largest absolute Gasteiger partial charge is 0.282 e. The van der Waals surface area contributed by atoms with Crippen molar-refractivity contribution in [2.45, 2.75) is 30.3 Å². The minimum atomic E-state index is -3.45. The van der Waals surface area contributed by atoms with Crippen LogP contribution in [0.5, 0.6) is 0 Å². The third-order valence-corrected chi connectivity index (χ3v) is 8.17. The van der Waals surface area contributed by atoms with Crippen LogP contribution in [0, 0.1) is 4.77 Å². The Morgan fingerprint density at radius 3 is 2.13 bits per heavy atom. The predicted octanol–water partition coefficient (Wildman–Crippen LogP) is 3.24. The fourth-order valence-electron chi connectivity index (χ4n) is 3.98. The zero-order chi connectivity index (χ0) is 21.4. The molecule has 1 saturated carbocycles. The number of benzene rings is 2. The number of aromatic nitrogens is 3. The van der Waals surface area contributed by atoms with Gasteiger partial charge in [0.1, 0.15) is 5.82 Å². The van der Waals surface area contributed by atoms with Crippen LogP contribution in [0.4, 0.5) is 0 Å². The molecule has 0 bridgehead atoms. The molecule has 1 aliphatic carbocycles. The van der Waals surface area contributed by atoms with E-state index in [1.165, 1.54) is 0 Å². The van der Waals surface area contributed by atoms with Crippen molar-refractivity contribution in [2.75, 3.05) is 26.2 Å². The molecule has 9 heteroatoms. The highest BCUT2D eigenvalue weighted by atomic mass is 32.2. The monoisotopic (exact) mass is 455 g/mol. The summed E-state index contributed by atoms with van der Waals surface area (Å²) in [5.41, 5.74) is 1.04. The van der Waals surface area contributed by atoms with E-state index in [1.54, 1.807) is 28.6 Å². The Kier molecular flexibility index (Phi) is 5.51. The summed E-state index contributed by atoms with van der Waals surface area (Å²) >= 11 is 5.79. The molecule has 0 amide bonds. The highest BCUT2D eigenvalue weighted by Crippen LogP contribution is 2.40. The van der Waals surface area contributed by atoms with Gasteiger partial charge in [-0.1, -0.05) is 36.4 Å². The molecule has 2 aliphatic rings. The van der Waals surface area contributed by atoms with Crippen molar-refractivity contribution in [3.05, 3.63) is 71.3 Å². The van der Waals surface area contributed by atoms with Crippen molar-refractivity contribution in [3.63, 3.8) is 0 Å². The molecule has 0 atom stereocenters. The molecule has 2 fully saturated rings. The van der Waals surface area contributed by atoms with E-state index in [4.69, 9.17) is 17.3 Å². The minimum absolute atomic E-state index is 0.348. The molecule has 2 aromatic carbocycles. The zero-order valence-corrected chi connectivity index (χ0v) is 18.8. The lowest BCUT2D eigenvalue weighted by Gasteiger charge is -2.33. The molecule has 1 saturated heterocycles. The molecule has 5 rings (SSSR count). The van der Waals surface area contributed by atoms with Gasteiger partial charge in [-0.15, -0.1) is 0 Å². The normalized spacial score (nSPS) is 18.3. The summed E-state index contributed by atoms with van der Waals surface area (Å²) < 4.78 is 32.0. The maximum atomic E-state index is 12.9. The average molecular weight is 456 g/mol.